The molecule has 0 aliphatic carbocycles. The van der Waals surface area contributed by atoms with Crippen molar-refractivity contribution in [2.45, 2.75) is 0 Å². The molecule has 0 bridgehead atoms. The molecule has 0 aliphatic heterocycles. The first-order chi connectivity index (χ1) is 4.83. The summed E-state index contributed by atoms with van der Waals surface area (Å²) in [6, 6.07) is 7.25. The maximum Gasteiger partial charge on any atom is 0.0770 e. The van der Waals surface area contributed by atoms with E-state index in [0.717, 1.165) is 21.5 Å². The third-order valence-electron chi connectivity index (χ3n) is 1.04. The van der Waals surface area contributed by atoms with Gasteiger partial charge in [-0.2, -0.15) is 4.36 Å². The summed E-state index contributed by atoms with van der Waals surface area (Å²) < 4.78 is 3.92. The second-order valence-electron chi connectivity index (χ2n) is 1.76. The first-order valence-electron chi connectivity index (χ1n) is 2.68. The highest BCUT2D eigenvalue weighted by Crippen LogP contribution is 2.12. The molecule has 0 aromatic heterocycles. The first kappa shape index (κ1) is 7.37. The van der Waals surface area contributed by atoms with Crippen molar-refractivity contribution in [1.82, 2.24) is 0 Å². The molecule has 1 aromatic carbocycles. The van der Waals surface area contributed by atoms with E-state index in [1.54, 1.807) is 12.1 Å². The van der Waals surface area contributed by atoms with E-state index in [1.807, 2.05) is 12.1 Å². The van der Waals surface area contributed by atoms with Crippen molar-refractivity contribution in [3.05, 3.63) is 24.3 Å². The second-order valence-corrected chi connectivity index (χ2v) is 2.54. The van der Waals surface area contributed by atoms with E-state index in [2.05, 4.69) is 15.6 Å². The lowest BCUT2D eigenvalue weighted by atomic mass is 10.3. The molecule has 0 radical (unpaired) electrons. The Morgan fingerprint density at radius 1 is 1.30 bits per heavy atom. The normalized spacial score (nSPS) is 8.80. The van der Waals surface area contributed by atoms with Gasteiger partial charge in [0, 0.05) is 27.0 Å². The van der Waals surface area contributed by atoms with Gasteiger partial charge in [-0.3, -0.25) is 0 Å². The van der Waals surface area contributed by atoms with Crippen molar-refractivity contribution in [2.24, 2.45) is 4.36 Å². The molecule has 0 fully saturated rings. The van der Waals surface area contributed by atoms with Crippen LogP contribution in [-0.4, -0.2) is 0 Å². The molecule has 4 heteroatoms. The fourth-order valence-corrected chi connectivity index (χ4v) is 1.04. The van der Waals surface area contributed by atoms with Gasteiger partial charge in [0.25, 0.3) is 0 Å². The second kappa shape index (κ2) is 3.43. The minimum Gasteiger partial charge on any atom is -0.399 e. The van der Waals surface area contributed by atoms with Gasteiger partial charge in [0.05, 0.1) is 5.69 Å². The number of nitrogen functional groups attached to an aromatic ring is 1. The molecule has 52 valence electrons. The van der Waals surface area contributed by atoms with Gasteiger partial charge in [-0.05, 0) is 24.3 Å². The van der Waals surface area contributed by atoms with E-state index < -0.39 is 0 Å². The number of anilines is 1. The van der Waals surface area contributed by atoms with Crippen LogP contribution in [0.15, 0.2) is 28.6 Å². The third-order valence-corrected chi connectivity index (χ3v) is 1.54. The van der Waals surface area contributed by atoms with Gasteiger partial charge in [-0.25, -0.2) is 0 Å². The molecule has 0 spiro atoms. The summed E-state index contributed by atoms with van der Waals surface area (Å²) in [7, 11) is 1.03. The number of nitrogens with zero attached hydrogens (tertiary/aromatic N) is 1. The number of benzene rings is 1. The lowest BCUT2D eigenvalue weighted by Gasteiger charge is -1.90. The van der Waals surface area contributed by atoms with Crippen molar-refractivity contribution in [2.75, 3.05) is 5.73 Å². The Hall–Kier alpha value is -0.740. The highest BCUT2D eigenvalue weighted by molar-refractivity contribution is 8.12. The summed E-state index contributed by atoms with van der Waals surface area (Å²) >= 11 is 4.59. The Kier molecular flexibility index (Phi) is 2.53. The van der Waals surface area contributed by atoms with Crippen LogP contribution in [-0.2, 0) is 21.3 Å². The fraction of sp³-hybridized carbons (Fsp3) is 0. The zero-order chi connectivity index (χ0) is 7.40. The van der Waals surface area contributed by atoms with Crippen molar-refractivity contribution in [3.63, 3.8) is 0 Å². The molecule has 2 nitrogen and oxygen atoms in total. The van der Waals surface area contributed by atoms with Crippen LogP contribution >= 0.6 is 0 Å². The maximum absolute atomic E-state index is 5.45. The monoisotopic (exact) mass is 170 g/mol. The largest absolute Gasteiger partial charge is 0.399 e. The standard InChI is InChI=1S/C6H6N2S2/c7-5-1-3-6(4-2-5)8-10-9/h1-4H,7H2. The van der Waals surface area contributed by atoms with E-state index in [0.29, 0.717) is 0 Å². The minimum absolute atomic E-state index is 0.744. The Labute approximate surface area is 67.4 Å². The summed E-state index contributed by atoms with van der Waals surface area (Å²) in [4.78, 5) is 0. The molecule has 0 heterocycles. The summed E-state index contributed by atoms with van der Waals surface area (Å²) in [5.74, 6) is 0. The molecule has 0 saturated heterocycles. The number of hydrogen-bond donors (Lipinski definition) is 1. The van der Waals surface area contributed by atoms with Gasteiger partial charge in [0.15, 0.2) is 0 Å². The Morgan fingerprint density at radius 2 is 1.90 bits per heavy atom. The van der Waals surface area contributed by atoms with Crippen LogP contribution in [0.2, 0.25) is 0 Å². The van der Waals surface area contributed by atoms with Crippen LogP contribution < -0.4 is 5.73 Å². The number of hydrogen-bond acceptors (Lipinski definition) is 3. The maximum atomic E-state index is 5.45. The molecule has 0 saturated carbocycles. The van der Waals surface area contributed by atoms with E-state index in [1.165, 1.54) is 0 Å². The number of nitrogens with two attached hydrogens (primary N) is 1. The molecule has 1 rings (SSSR count). The lowest BCUT2D eigenvalue weighted by Crippen LogP contribution is -1.80. The van der Waals surface area contributed by atoms with Crippen LogP contribution in [0.4, 0.5) is 11.4 Å². The predicted octanol–water partition coefficient (Wildman–Crippen LogP) is 1.63. The van der Waals surface area contributed by atoms with Gasteiger partial charge in [0.2, 0.25) is 0 Å². The molecular formula is C6H6N2S2. The smallest absolute Gasteiger partial charge is 0.0770 e. The minimum atomic E-state index is 0.744. The lowest BCUT2D eigenvalue weighted by molar-refractivity contribution is 1.57. The molecule has 0 aliphatic rings. The number of rotatable bonds is 1. The van der Waals surface area contributed by atoms with Crippen LogP contribution in [0.3, 0.4) is 0 Å². The molecule has 1 aromatic rings. The van der Waals surface area contributed by atoms with Crippen molar-refractivity contribution < 1.29 is 0 Å². The van der Waals surface area contributed by atoms with Gasteiger partial charge in [0.1, 0.15) is 0 Å². The summed E-state index contributed by atoms with van der Waals surface area (Å²) in [6.07, 6.45) is 0. The van der Waals surface area contributed by atoms with Gasteiger partial charge in [-0.15, -0.1) is 0 Å². The highest BCUT2D eigenvalue weighted by atomic mass is 32.8. The summed E-state index contributed by atoms with van der Waals surface area (Å²) in [5.41, 5.74) is 7.05. The van der Waals surface area contributed by atoms with Crippen LogP contribution in [0.1, 0.15) is 0 Å². The van der Waals surface area contributed by atoms with Gasteiger partial charge >= 0.3 is 0 Å². The van der Waals surface area contributed by atoms with Crippen molar-refractivity contribution in [1.29, 1.82) is 0 Å². The molecular weight excluding hydrogens is 164 g/mol. The average molecular weight is 170 g/mol. The SMILES string of the molecule is Nc1ccc(N=S=S)cc1. The zero-order valence-electron chi connectivity index (χ0n) is 5.15. The topological polar surface area (TPSA) is 38.4 Å². The van der Waals surface area contributed by atoms with E-state index in [4.69, 9.17) is 5.73 Å². The highest BCUT2D eigenvalue weighted by Gasteiger charge is 1.85. The Morgan fingerprint density at radius 3 is 2.40 bits per heavy atom. The predicted molar refractivity (Wildman–Crippen MR) is 47.7 cm³/mol. The zero-order valence-corrected chi connectivity index (χ0v) is 6.78. The quantitative estimate of drug-likeness (QED) is 0.650. The third kappa shape index (κ3) is 1.89. The molecule has 10 heavy (non-hydrogen) atoms. The Bertz CT molecular complexity index is 262. The van der Waals surface area contributed by atoms with Crippen molar-refractivity contribution >= 4 is 32.7 Å². The molecule has 0 unspecified atom stereocenters. The van der Waals surface area contributed by atoms with E-state index >= 15 is 0 Å². The van der Waals surface area contributed by atoms with Crippen molar-refractivity contribution in [3.8, 4) is 0 Å². The van der Waals surface area contributed by atoms with Crippen LogP contribution in [0.25, 0.3) is 0 Å². The Balaban J connectivity index is 3.00. The molecule has 0 amide bonds. The van der Waals surface area contributed by atoms with Gasteiger partial charge in [-0.1, -0.05) is 0 Å². The summed E-state index contributed by atoms with van der Waals surface area (Å²) in [6.45, 7) is 0. The first-order valence-corrected chi connectivity index (χ1v) is 4.38. The summed E-state index contributed by atoms with van der Waals surface area (Å²) in [5, 5.41) is 0. The molecule has 0 atom stereocenters. The molecule has 2 N–H and O–H groups in total. The van der Waals surface area contributed by atoms with Crippen LogP contribution in [0.5, 0.6) is 0 Å². The fourth-order valence-electron chi connectivity index (χ4n) is 0.578. The van der Waals surface area contributed by atoms with E-state index in [-0.39, 0.29) is 0 Å². The van der Waals surface area contributed by atoms with Crippen LogP contribution in [0, 0.1) is 0 Å². The van der Waals surface area contributed by atoms with Gasteiger partial charge < -0.3 is 5.73 Å². The van der Waals surface area contributed by atoms with E-state index in [9.17, 15) is 0 Å². The average Bonchev–Trinajstić information content (AvgIpc) is 1.95.